The van der Waals surface area contributed by atoms with E-state index < -0.39 is 22.0 Å². The van der Waals surface area contributed by atoms with Crippen LogP contribution in [0.1, 0.15) is 39.6 Å². The zero-order valence-electron chi connectivity index (χ0n) is 19.2. The molecule has 3 aromatic rings. The number of halogens is 2. The van der Waals surface area contributed by atoms with Crippen LogP contribution < -0.4 is 10.0 Å². The third-order valence-electron chi connectivity index (χ3n) is 6.03. The SMILES string of the molecule is CS(=O)(=O)NC(=O)c1ccc(-c2ccc3c(c2)C[C@@H](NC[C@H](O)c2cccc(Cl)c2)CC3)cc1.Cl. The van der Waals surface area contributed by atoms with Gasteiger partial charge in [0.2, 0.25) is 10.0 Å². The molecule has 0 fully saturated rings. The summed E-state index contributed by atoms with van der Waals surface area (Å²) in [6.45, 7) is 0.455. The molecule has 186 valence electrons. The Morgan fingerprint density at radius 1 is 1.06 bits per heavy atom. The fraction of sp³-hybridized carbons (Fsp3) is 0.269. The Labute approximate surface area is 217 Å². The summed E-state index contributed by atoms with van der Waals surface area (Å²) in [4.78, 5) is 12.0. The number of benzene rings is 3. The highest BCUT2D eigenvalue weighted by Crippen LogP contribution is 2.28. The maximum atomic E-state index is 12.0. The number of amides is 1. The largest absolute Gasteiger partial charge is 0.387 e. The average Bonchev–Trinajstić information content (AvgIpc) is 2.81. The summed E-state index contributed by atoms with van der Waals surface area (Å²) in [6.07, 6.45) is 3.15. The molecule has 0 aromatic heterocycles. The van der Waals surface area contributed by atoms with Crippen LogP contribution in [0.2, 0.25) is 5.02 Å². The number of aliphatic hydroxyl groups excluding tert-OH is 1. The minimum absolute atomic E-state index is 0. The molecule has 35 heavy (non-hydrogen) atoms. The number of sulfonamides is 1. The number of rotatable bonds is 7. The first kappa shape index (κ1) is 27.2. The average molecular weight is 535 g/mol. The van der Waals surface area contributed by atoms with Crippen LogP contribution in [0.5, 0.6) is 0 Å². The Morgan fingerprint density at radius 2 is 1.77 bits per heavy atom. The van der Waals surface area contributed by atoms with E-state index in [-0.39, 0.29) is 24.0 Å². The Kier molecular flexibility index (Phi) is 8.96. The first-order chi connectivity index (χ1) is 16.2. The molecule has 3 aromatic carbocycles. The van der Waals surface area contributed by atoms with Gasteiger partial charge in [0.25, 0.3) is 5.91 Å². The number of nitrogens with one attached hydrogen (secondary N) is 2. The van der Waals surface area contributed by atoms with Crippen molar-refractivity contribution in [3.05, 3.63) is 94.0 Å². The molecular formula is C26H28Cl2N2O4S. The van der Waals surface area contributed by atoms with Gasteiger partial charge in [0.1, 0.15) is 0 Å². The number of carbonyl (C=O) groups is 1. The van der Waals surface area contributed by atoms with Crippen molar-refractivity contribution in [2.24, 2.45) is 0 Å². The van der Waals surface area contributed by atoms with Crippen molar-refractivity contribution >= 4 is 39.9 Å². The molecule has 1 amide bonds. The quantitative estimate of drug-likeness (QED) is 0.420. The lowest BCUT2D eigenvalue weighted by Crippen LogP contribution is -2.37. The van der Waals surface area contributed by atoms with Gasteiger partial charge in [0, 0.05) is 23.2 Å². The van der Waals surface area contributed by atoms with E-state index in [1.54, 1.807) is 24.3 Å². The van der Waals surface area contributed by atoms with E-state index in [2.05, 4.69) is 23.5 Å². The van der Waals surface area contributed by atoms with Crippen LogP contribution >= 0.6 is 24.0 Å². The van der Waals surface area contributed by atoms with Gasteiger partial charge in [-0.2, -0.15) is 0 Å². The van der Waals surface area contributed by atoms with Crippen molar-refractivity contribution in [1.29, 1.82) is 0 Å². The van der Waals surface area contributed by atoms with Gasteiger partial charge in [-0.25, -0.2) is 13.1 Å². The second-order valence-electron chi connectivity index (χ2n) is 8.68. The van der Waals surface area contributed by atoms with E-state index in [9.17, 15) is 18.3 Å². The zero-order chi connectivity index (χ0) is 24.3. The van der Waals surface area contributed by atoms with Gasteiger partial charge in [0.05, 0.1) is 12.4 Å². The highest BCUT2D eigenvalue weighted by molar-refractivity contribution is 7.89. The van der Waals surface area contributed by atoms with Crippen LogP contribution in [-0.2, 0) is 22.9 Å². The lowest BCUT2D eigenvalue weighted by atomic mass is 9.86. The number of hydrogen-bond acceptors (Lipinski definition) is 5. The first-order valence-electron chi connectivity index (χ1n) is 11.1. The van der Waals surface area contributed by atoms with E-state index in [1.165, 1.54) is 11.1 Å². The molecule has 0 radical (unpaired) electrons. The van der Waals surface area contributed by atoms with Crippen LogP contribution in [0.4, 0.5) is 0 Å². The smallest absolute Gasteiger partial charge is 0.264 e. The molecule has 3 N–H and O–H groups in total. The molecule has 0 unspecified atom stereocenters. The van der Waals surface area contributed by atoms with Crippen molar-refractivity contribution in [2.75, 3.05) is 12.8 Å². The lowest BCUT2D eigenvalue weighted by Gasteiger charge is -2.27. The standard InChI is InChI=1S/C26H27ClN2O4S.ClH/c1-34(32,33)29-26(31)19-8-5-17(6-9-19)20-10-7-18-11-12-24(15-22(18)13-20)28-16-25(30)21-3-2-4-23(27)14-21;/h2-10,13-14,24-25,28,30H,11-12,15-16H2,1H3,(H,29,31);1H/t24-,25-;/m0./s1. The van der Waals surface area contributed by atoms with Crippen LogP contribution in [-0.4, -0.2) is 38.3 Å². The molecule has 0 saturated heterocycles. The zero-order valence-corrected chi connectivity index (χ0v) is 21.6. The van der Waals surface area contributed by atoms with E-state index in [4.69, 9.17) is 11.6 Å². The molecule has 1 aliphatic carbocycles. The predicted molar refractivity (Wildman–Crippen MR) is 142 cm³/mol. The second kappa shape index (κ2) is 11.5. The summed E-state index contributed by atoms with van der Waals surface area (Å²) >= 11 is 6.03. The van der Waals surface area contributed by atoms with Crippen LogP contribution in [0.15, 0.2) is 66.7 Å². The molecule has 0 aliphatic heterocycles. The number of aliphatic hydroxyl groups is 1. The van der Waals surface area contributed by atoms with Gasteiger partial charge in [-0.15, -0.1) is 12.4 Å². The summed E-state index contributed by atoms with van der Waals surface area (Å²) in [5.74, 6) is -0.645. The van der Waals surface area contributed by atoms with Gasteiger partial charge in [-0.1, -0.05) is 54.1 Å². The maximum Gasteiger partial charge on any atom is 0.264 e. The first-order valence-corrected chi connectivity index (χ1v) is 13.4. The molecule has 0 spiro atoms. The van der Waals surface area contributed by atoms with Crippen molar-refractivity contribution in [3.63, 3.8) is 0 Å². The van der Waals surface area contributed by atoms with Crippen molar-refractivity contribution < 1.29 is 18.3 Å². The van der Waals surface area contributed by atoms with Gasteiger partial charge >= 0.3 is 0 Å². The van der Waals surface area contributed by atoms with E-state index in [1.807, 2.05) is 29.0 Å². The van der Waals surface area contributed by atoms with Crippen molar-refractivity contribution in [1.82, 2.24) is 10.0 Å². The molecule has 4 rings (SSSR count). The summed E-state index contributed by atoms with van der Waals surface area (Å²) in [6, 6.07) is 20.8. The maximum absolute atomic E-state index is 12.0. The molecule has 2 atom stereocenters. The molecule has 9 heteroatoms. The molecule has 6 nitrogen and oxygen atoms in total. The fourth-order valence-corrected chi connectivity index (χ4v) is 4.92. The fourth-order valence-electron chi connectivity index (χ4n) is 4.26. The Bertz CT molecular complexity index is 1300. The van der Waals surface area contributed by atoms with Gasteiger partial charge in [-0.05, 0) is 71.3 Å². The number of carbonyl (C=O) groups excluding carboxylic acids is 1. The highest BCUT2D eigenvalue weighted by atomic mass is 35.5. The Hall–Kier alpha value is -2.42. The summed E-state index contributed by atoms with van der Waals surface area (Å²) in [7, 11) is -3.60. The van der Waals surface area contributed by atoms with Crippen LogP contribution in [0, 0.1) is 0 Å². The normalized spacial score (nSPS) is 16.0. The molecule has 1 aliphatic rings. The minimum Gasteiger partial charge on any atom is -0.387 e. The van der Waals surface area contributed by atoms with E-state index >= 15 is 0 Å². The third kappa shape index (κ3) is 7.29. The van der Waals surface area contributed by atoms with Gasteiger partial charge in [0.15, 0.2) is 0 Å². The van der Waals surface area contributed by atoms with E-state index in [0.29, 0.717) is 11.6 Å². The van der Waals surface area contributed by atoms with Gasteiger partial charge < -0.3 is 10.4 Å². The lowest BCUT2D eigenvalue weighted by molar-refractivity contribution is 0.0981. The predicted octanol–water partition coefficient (Wildman–Crippen LogP) is 4.30. The summed E-state index contributed by atoms with van der Waals surface area (Å²) in [5, 5.41) is 14.6. The molecule has 0 heterocycles. The monoisotopic (exact) mass is 534 g/mol. The van der Waals surface area contributed by atoms with Crippen LogP contribution in [0.3, 0.4) is 0 Å². The van der Waals surface area contributed by atoms with Gasteiger partial charge in [-0.3, -0.25) is 4.79 Å². The topological polar surface area (TPSA) is 95.5 Å². The van der Waals surface area contributed by atoms with Crippen molar-refractivity contribution in [3.8, 4) is 11.1 Å². The highest BCUT2D eigenvalue weighted by Gasteiger charge is 2.20. The summed E-state index contributed by atoms with van der Waals surface area (Å²) < 4.78 is 24.5. The molecular weight excluding hydrogens is 507 g/mol. The van der Waals surface area contributed by atoms with Crippen molar-refractivity contribution in [2.45, 2.75) is 31.4 Å². The number of aryl methyl sites for hydroxylation is 1. The summed E-state index contributed by atoms with van der Waals surface area (Å²) in [5.41, 5.74) is 5.65. The minimum atomic E-state index is -3.60. The molecule has 0 saturated carbocycles. The number of fused-ring (bicyclic) bond motifs is 1. The Balaban J connectivity index is 0.00000342. The second-order valence-corrected chi connectivity index (χ2v) is 10.9. The third-order valence-corrected chi connectivity index (χ3v) is 6.82. The van der Waals surface area contributed by atoms with Crippen LogP contribution in [0.25, 0.3) is 11.1 Å². The number of hydrogen-bond donors (Lipinski definition) is 3. The Morgan fingerprint density at radius 3 is 2.46 bits per heavy atom. The van der Waals surface area contributed by atoms with E-state index in [0.717, 1.165) is 42.2 Å². The molecule has 0 bridgehead atoms.